The van der Waals surface area contributed by atoms with Crippen molar-refractivity contribution in [1.29, 1.82) is 0 Å². The molecular formula is C27H38N2. The Kier molecular flexibility index (Phi) is 9.16. The fourth-order valence-corrected chi connectivity index (χ4v) is 4.26. The highest BCUT2D eigenvalue weighted by Gasteiger charge is 2.28. The van der Waals surface area contributed by atoms with Crippen molar-refractivity contribution in [1.82, 2.24) is 4.90 Å². The van der Waals surface area contributed by atoms with Crippen LogP contribution in [0.15, 0.2) is 73.1 Å². The molecule has 1 heterocycles. The standard InChI is InChI=1S/C27H38N2/c1-2-3-4-5-6-7-8-9-10-17-22-28-23-24-29(26-20-15-12-16-21-26)27(28)25-18-13-11-14-19-25/h11-16,18-21,23-24,27H,2-10,17,22H2,1H3. The van der Waals surface area contributed by atoms with Crippen molar-refractivity contribution in [2.24, 2.45) is 0 Å². The number of para-hydroxylation sites is 1. The van der Waals surface area contributed by atoms with Crippen molar-refractivity contribution in [2.75, 3.05) is 11.4 Å². The molecule has 3 rings (SSSR count). The van der Waals surface area contributed by atoms with E-state index in [1.54, 1.807) is 0 Å². The second-order valence-electron chi connectivity index (χ2n) is 8.25. The number of rotatable bonds is 13. The summed E-state index contributed by atoms with van der Waals surface area (Å²) < 4.78 is 0. The highest BCUT2D eigenvalue weighted by molar-refractivity contribution is 5.53. The van der Waals surface area contributed by atoms with Crippen LogP contribution in [0.1, 0.15) is 82.9 Å². The monoisotopic (exact) mass is 390 g/mol. The van der Waals surface area contributed by atoms with Gasteiger partial charge < -0.3 is 9.80 Å². The normalized spacial score (nSPS) is 16.0. The molecule has 0 radical (unpaired) electrons. The van der Waals surface area contributed by atoms with Gasteiger partial charge in [-0.15, -0.1) is 0 Å². The van der Waals surface area contributed by atoms with Crippen LogP contribution in [-0.2, 0) is 0 Å². The Bertz CT molecular complexity index is 695. The van der Waals surface area contributed by atoms with Crippen LogP contribution in [0.25, 0.3) is 0 Å². The third-order valence-electron chi connectivity index (χ3n) is 5.92. The van der Waals surface area contributed by atoms with Crippen LogP contribution in [0.5, 0.6) is 0 Å². The summed E-state index contributed by atoms with van der Waals surface area (Å²) in [5, 5.41) is 0. The van der Waals surface area contributed by atoms with Crippen LogP contribution < -0.4 is 4.90 Å². The molecule has 156 valence electrons. The first-order chi connectivity index (χ1) is 14.4. The van der Waals surface area contributed by atoms with E-state index in [2.05, 4.69) is 89.8 Å². The minimum absolute atomic E-state index is 0.261. The summed E-state index contributed by atoms with van der Waals surface area (Å²) >= 11 is 0. The molecule has 1 aliphatic heterocycles. The maximum absolute atomic E-state index is 2.51. The third-order valence-corrected chi connectivity index (χ3v) is 5.92. The highest BCUT2D eigenvalue weighted by atomic mass is 15.4. The van der Waals surface area contributed by atoms with Crippen LogP contribution in [0.2, 0.25) is 0 Å². The van der Waals surface area contributed by atoms with Crippen LogP contribution in [0.4, 0.5) is 5.69 Å². The van der Waals surface area contributed by atoms with Gasteiger partial charge in [-0.3, -0.25) is 0 Å². The van der Waals surface area contributed by atoms with E-state index in [-0.39, 0.29) is 6.17 Å². The molecule has 2 heteroatoms. The second-order valence-corrected chi connectivity index (χ2v) is 8.25. The summed E-state index contributed by atoms with van der Waals surface area (Å²) in [6, 6.07) is 21.6. The highest BCUT2D eigenvalue weighted by Crippen LogP contribution is 2.35. The van der Waals surface area contributed by atoms with E-state index in [9.17, 15) is 0 Å². The van der Waals surface area contributed by atoms with Gasteiger partial charge in [-0.25, -0.2) is 0 Å². The van der Waals surface area contributed by atoms with Gasteiger partial charge in [0.2, 0.25) is 0 Å². The first kappa shape index (κ1) is 21.5. The number of anilines is 1. The number of unbranched alkanes of at least 4 members (excludes halogenated alkanes) is 9. The van der Waals surface area contributed by atoms with Gasteiger partial charge in [0, 0.05) is 24.6 Å². The van der Waals surface area contributed by atoms with Crippen molar-refractivity contribution in [3.63, 3.8) is 0 Å². The third kappa shape index (κ3) is 6.66. The fourth-order valence-electron chi connectivity index (χ4n) is 4.26. The van der Waals surface area contributed by atoms with Crippen molar-refractivity contribution >= 4 is 5.69 Å². The van der Waals surface area contributed by atoms with E-state index < -0.39 is 0 Å². The van der Waals surface area contributed by atoms with Gasteiger partial charge in [-0.05, 0) is 24.1 Å². The molecule has 0 fully saturated rings. The van der Waals surface area contributed by atoms with Crippen molar-refractivity contribution in [3.8, 4) is 0 Å². The zero-order chi connectivity index (χ0) is 20.2. The SMILES string of the molecule is CCCCCCCCCCCCN1C=CN(c2ccccc2)C1c1ccccc1. The Labute approximate surface area is 178 Å². The molecule has 0 saturated heterocycles. The zero-order valence-electron chi connectivity index (χ0n) is 18.2. The van der Waals surface area contributed by atoms with Gasteiger partial charge in [0.15, 0.2) is 0 Å². The predicted molar refractivity (Wildman–Crippen MR) is 126 cm³/mol. The molecule has 29 heavy (non-hydrogen) atoms. The maximum Gasteiger partial charge on any atom is 0.132 e. The van der Waals surface area contributed by atoms with Gasteiger partial charge in [-0.2, -0.15) is 0 Å². The van der Waals surface area contributed by atoms with Gasteiger partial charge >= 0.3 is 0 Å². The summed E-state index contributed by atoms with van der Waals surface area (Å²) in [7, 11) is 0. The van der Waals surface area contributed by atoms with Gasteiger partial charge in [0.1, 0.15) is 6.17 Å². The van der Waals surface area contributed by atoms with Gasteiger partial charge in [0.25, 0.3) is 0 Å². The van der Waals surface area contributed by atoms with Crippen molar-refractivity contribution < 1.29 is 0 Å². The Morgan fingerprint density at radius 2 is 1.17 bits per heavy atom. The Balaban J connectivity index is 1.45. The molecule has 1 atom stereocenters. The molecule has 1 unspecified atom stereocenters. The summed E-state index contributed by atoms with van der Waals surface area (Å²) in [5.41, 5.74) is 2.61. The van der Waals surface area contributed by atoms with Crippen molar-refractivity contribution in [3.05, 3.63) is 78.6 Å². The zero-order valence-corrected chi connectivity index (χ0v) is 18.2. The quantitative estimate of drug-likeness (QED) is 0.321. The Morgan fingerprint density at radius 1 is 0.621 bits per heavy atom. The van der Waals surface area contributed by atoms with Gasteiger partial charge in [0.05, 0.1) is 0 Å². The number of hydrogen-bond acceptors (Lipinski definition) is 2. The Hall–Kier alpha value is -2.22. The Morgan fingerprint density at radius 3 is 1.79 bits per heavy atom. The lowest BCUT2D eigenvalue weighted by Gasteiger charge is -2.33. The molecule has 0 bridgehead atoms. The largest absolute Gasteiger partial charge is 0.352 e. The molecule has 2 aromatic rings. The molecule has 0 N–H and O–H groups in total. The van der Waals surface area contributed by atoms with Crippen molar-refractivity contribution in [2.45, 2.75) is 77.3 Å². The number of hydrogen-bond donors (Lipinski definition) is 0. The van der Waals surface area contributed by atoms with E-state index in [4.69, 9.17) is 0 Å². The van der Waals surface area contributed by atoms with E-state index in [1.165, 1.54) is 75.5 Å². The van der Waals surface area contributed by atoms with E-state index >= 15 is 0 Å². The predicted octanol–water partition coefficient (Wildman–Crippen LogP) is 7.90. The molecule has 1 aliphatic rings. The summed E-state index contributed by atoms with van der Waals surface area (Å²) in [5.74, 6) is 0. The second kappa shape index (κ2) is 12.4. The lowest BCUT2D eigenvalue weighted by molar-refractivity contribution is 0.297. The summed E-state index contributed by atoms with van der Waals surface area (Å²) in [6.45, 7) is 3.41. The molecule has 2 aromatic carbocycles. The molecule has 0 amide bonds. The topological polar surface area (TPSA) is 6.48 Å². The lowest BCUT2D eigenvalue weighted by Crippen LogP contribution is -2.31. The fraction of sp³-hybridized carbons (Fsp3) is 0.481. The van der Waals surface area contributed by atoms with Gasteiger partial charge in [-0.1, -0.05) is 113 Å². The minimum atomic E-state index is 0.261. The molecule has 0 aliphatic carbocycles. The first-order valence-electron chi connectivity index (χ1n) is 11.7. The van der Waals surface area contributed by atoms with Crippen LogP contribution in [0, 0.1) is 0 Å². The maximum atomic E-state index is 2.51. The van der Waals surface area contributed by atoms with Crippen LogP contribution in [0.3, 0.4) is 0 Å². The smallest absolute Gasteiger partial charge is 0.132 e. The molecule has 2 nitrogen and oxygen atoms in total. The average molecular weight is 391 g/mol. The van der Waals surface area contributed by atoms with E-state index in [0.717, 1.165) is 6.54 Å². The summed E-state index contributed by atoms with van der Waals surface area (Å²) in [4.78, 5) is 4.90. The van der Waals surface area contributed by atoms with Crippen LogP contribution >= 0.6 is 0 Å². The lowest BCUT2D eigenvalue weighted by atomic mass is 10.1. The molecule has 0 aromatic heterocycles. The molecule has 0 spiro atoms. The molecule has 0 saturated carbocycles. The average Bonchev–Trinajstić information content (AvgIpc) is 3.20. The molecular weight excluding hydrogens is 352 g/mol. The summed E-state index contributed by atoms with van der Waals surface area (Å²) in [6.07, 6.45) is 18.6. The van der Waals surface area contributed by atoms with E-state index in [0.29, 0.717) is 0 Å². The minimum Gasteiger partial charge on any atom is -0.352 e. The van der Waals surface area contributed by atoms with E-state index in [1.807, 2.05) is 0 Å². The van der Waals surface area contributed by atoms with Crippen LogP contribution in [-0.4, -0.2) is 11.4 Å². The number of nitrogens with zero attached hydrogens (tertiary/aromatic N) is 2. The first-order valence-corrected chi connectivity index (χ1v) is 11.7. The number of benzene rings is 2.